The molecule has 8 nitrogen and oxygen atoms in total. The summed E-state index contributed by atoms with van der Waals surface area (Å²) in [6, 6.07) is 2.01. The zero-order valence-electron chi connectivity index (χ0n) is 15.2. The van der Waals surface area contributed by atoms with E-state index in [0.717, 1.165) is 36.9 Å². The SMILES string of the molecule is Cl.Cl.Cn1c(=O)c2cc(C(=O)N3C4CCNCC3CC4)cnc2n(C)c1=O. The second-order valence-electron chi connectivity index (χ2n) is 6.89. The number of hydrogen-bond acceptors (Lipinski definition) is 5. The molecule has 0 aliphatic carbocycles. The number of halogens is 2. The van der Waals surface area contributed by atoms with Gasteiger partial charge in [0.05, 0.1) is 10.9 Å². The van der Waals surface area contributed by atoms with Gasteiger partial charge in [-0.1, -0.05) is 0 Å². The van der Waals surface area contributed by atoms with E-state index in [0.29, 0.717) is 11.2 Å². The number of hydrogen-bond donors (Lipinski definition) is 1. The molecule has 2 unspecified atom stereocenters. The van der Waals surface area contributed by atoms with Crippen molar-refractivity contribution in [1.82, 2.24) is 24.3 Å². The Labute approximate surface area is 168 Å². The fourth-order valence-corrected chi connectivity index (χ4v) is 4.05. The van der Waals surface area contributed by atoms with Crippen molar-refractivity contribution in [2.75, 3.05) is 13.1 Å². The molecule has 2 aliphatic rings. The molecule has 2 aliphatic heterocycles. The number of carbonyl (C=O) groups is 1. The van der Waals surface area contributed by atoms with Crippen molar-refractivity contribution in [3.63, 3.8) is 0 Å². The van der Waals surface area contributed by atoms with Gasteiger partial charge in [-0.2, -0.15) is 0 Å². The second-order valence-corrected chi connectivity index (χ2v) is 6.89. The summed E-state index contributed by atoms with van der Waals surface area (Å²) in [4.78, 5) is 43.7. The number of nitrogens with one attached hydrogen (secondary N) is 1. The molecule has 10 heteroatoms. The first-order chi connectivity index (χ1) is 12.0. The zero-order chi connectivity index (χ0) is 17.7. The Hall–Kier alpha value is -1.90. The van der Waals surface area contributed by atoms with Gasteiger partial charge in [-0.05, 0) is 31.9 Å². The normalized spacial score (nSPS) is 21.3. The lowest BCUT2D eigenvalue weighted by Crippen LogP contribution is -2.42. The molecule has 4 rings (SSSR count). The minimum atomic E-state index is -0.430. The van der Waals surface area contributed by atoms with Crippen molar-refractivity contribution in [2.24, 2.45) is 14.1 Å². The van der Waals surface area contributed by atoms with Crippen LogP contribution < -0.4 is 16.6 Å². The number of fused-ring (bicyclic) bond motifs is 3. The second kappa shape index (κ2) is 8.00. The van der Waals surface area contributed by atoms with Crippen LogP contribution in [0.15, 0.2) is 21.9 Å². The van der Waals surface area contributed by atoms with Crippen molar-refractivity contribution >= 4 is 41.8 Å². The van der Waals surface area contributed by atoms with E-state index < -0.39 is 11.2 Å². The summed E-state index contributed by atoms with van der Waals surface area (Å²) in [5, 5.41) is 3.66. The fraction of sp³-hybridized carbons (Fsp3) is 0.529. The van der Waals surface area contributed by atoms with E-state index in [-0.39, 0.29) is 48.2 Å². The maximum atomic E-state index is 13.1. The molecular weight excluding hydrogens is 393 g/mol. The number of amides is 1. The van der Waals surface area contributed by atoms with Gasteiger partial charge in [-0.3, -0.25) is 18.7 Å². The Morgan fingerprint density at radius 3 is 2.56 bits per heavy atom. The summed E-state index contributed by atoms with van der Waals surface area (Å²) in [5.41, 5.74) is -0.159. The smallest absolute Gasteiger partial charge is 0.331 e. The first-order valence-electron chi connectivity index (χ1n) is 8.58. The van der Waals surface area contributed by atoms with Gasteiger partial charge in [0.1, 0.15) is 5.65 Å². The molecule has 2 aromatic rings. The van der Waals surface area contributed by atoms with Crippen LogP contribution in [0.5, 0.6) is 0 Å². The highest BCUT2D eigenvalue weighted by atomic mass is 35.5. The summed E-state index contributed by atoms with van der Waals surface area (Å²) in [6.45, 7) is 1.73. The average Bonchev–Trinajstić information content (AvgIpc) is 2.89. The van der Waals surface area contributed by atoms with Crippen LogP contribution in [0.25, 0.3) is 11.0 Å². The summed E-state index contributed by atoms with van der Waals surface area (Å²) in [5.74, 6) is -0.0819. The summed E-state index contributed by atoms with van der Waals surface area (Å²) >= 11 is 0. The number of pyridine rings is 1. The van der Waals surface area contributed by atoms with Crippen molar-refractivity contribution in [1.29, 1.82) is 0 Å². The Balaban J connectivity index is 0.00000131. The van der Waals surface area contributed by atoms with Crippen LogP contribution in [0.2, 0.25) is 0 Å². The molecule has 2 fully saturated rings. The van der Waals surface area contributed by atoms with E-state index in [1.54, 1.807) is 13.1 Å². The Morgan fingerprint density at radius 2 is 1.81 bits per heavy atom. The predicted molar refractivity (Wildman–Crippen MR) is 107 cm³/mol. The lowest BCUT2D eigenvalue weighted by atomic mass is 10.1. The van der Waals surface area contributed by atoms with Crippen LogP contribution in [0, 0.1) is 0 Å². The molecule has 0 spiro atoms. The number of nitrogens with zero attached hydrogens (tertiary/aromatic N) is 4. The largest absolute Gasteiger partial charge is 0.332 e. The van der Waals surface area contributed by atoms with Crippen LogP contribution in [0.4, 0.5) is 0 Å². The molecule has 148 valence electrons. The van der Waals surface area contributed by atoms with Crippen LogP contribution in [0.1, 0.15) is 29.6 Å². The quantitative estimate of drug-likeness (QED) is 0.729. The van der Waals surface area contributed by atoms with Crippen molar-refractivity contribution < 1.29 is 4.79 Å². The number of rotatable bonds is 1. The third-order valence-corrected chi connectivity index (χ3v) is 5.43. The van der Waals surface area contributed by atoms with Crippen LogP contribution in [-0.2, 0) is 14.1 Å². The van der Waals surface area contributed by atoms with E-state index in [9.17, 15) is 14.4 Å². The average molecular weight is 416 g/mol. The molecular formula is C17H23Cl2N5O3. The molecule has 27 heavy (non-hydrogen) atoms. The maximum Gasteiger partial charge on any atom is 0.332 e. The summed E-state index contributed by atoms with van der Waals surface area (Å²) < 4.78 is 2.36. The van der Waals surface area contributed by atoms with Crippen molar-refractivity contribution in [2.45, 2.75) is 31.3 Å². The van der Waals surface area contributed by atoms with Gasteiger partial charge in [0.2, 0.25) is 0 Å². The van der Waals surface area contributed by atoms with E-state index in [4.69, 9.17) is 0 Å². The lowest BCUT2D eigenvalue weighted by Gasteiger charge is -2.28. The highest BCUT2D eigenvalue weighted by Crippen LogP contribution is 2.29. The fourth-order valence-electron chi connectivity index (χ4n) is 4.05. The molecule has 2 bridgehead atoms. The molecule has 4 heterocycles. The third kappa shape index (κ3) is 3.37. The Kier molecular flexibility index (Phi) is 6.34. The number of aromatic nitrogens is 3. The Morgan fingerprint density at radius 1 is 1.11 bits per heavy atom. The molecule has 2 atom stereocenters. The van der Waals surface area contributed by atoms with Gasteiger partial charge in [0.15, 0.2) is 0 Å². The molecule has 0 aromatic carbocycles. The van der Waals surface area contributed by atoms with E-state index >= 15 is 0 Å². The Bertz CT molecular complexity index is 973. The van der Waals surface area contributed by atoms with E-state index in [1.165, 1.54) is 17.8 Å². The molecule has 2 saturated heterocycles. The minimum Gasteiger partial charge on any atom is -0.331 e. The van der Waals surface area contributed by atoms with Gasteiger partial charge in [-0.15, -0.1) is 24.8 Å². The molecule has 1 N–H and O–H groups in total. The monoisotopic (exact) mass is 415 g/mol. The van der Waals surface area contributed by atoms with Gasteiger partial charge in [-0.25, -0.2) is 9.78 Å². The number of carbonyl (C=O) groups excluding carboxylic acids is 1. The first kappa shape index (κ1) is 21.4. The molecule has 2 aromatic heterocycles. The van der Waals surface area contributed by atoms with Crippen LogP contribution in [0.3, 0.4) is 0 Å². The van der Waals surface area contributed by atoms with Gasteiger partial charge in [0, 0.05) is 38.9 Å². The molecule has 0 saturated carbocycles. The zero-order valence-corrected chi connectivity index (χ0v) is 16.8. The van der Waals surface area contributed by atoms with E-state index in [1.807, 2.05) is 4.90 Å². The third-order valence-electron chi connectivity index (χ3n) is 5.43. The topological polar surface area (TPSA) is 89.2 Å². The van der Waals surface area contributed by atoms with Gasteiger partial charge >= 0.3 is 5.69 Å². The van der Waals surface area contributed by atoms with Gasteiger partial charge < -0.3 is 10.2 Å². The van der Waals surface area contributed by atoms with Crippen molar-refractivity contribution in [3.8, 4) is 0 Å². The number of aryl methyl sites for hydroxylation is 1. The summed E-state index contributed by atoms with van der Waals surface area (Å²) in [7, 11) is 3.00. The van der Waals surface area contributed by atoms with Crippen molar-refractivity contribution in [3.05, 3.63) is 38.7 Å². The summed E-state index contributed by atoms with van der Waals surface area (Å²) in [6.07, 6.45) is 4.44. The highest BCUT2D eigenvalue weighted by Gasteiger charge is 2.38. The molecule has 1 amide bonds. The maximum absolute atomic E-state index is 13.1. The van der Waals surface area contributed by atoms with Crippen LogP contribution >= 0.6 is 24.8 Å². The van der Waals surface area contributed by atoms with E-state index in [2.05, 4.69) is 10.3 Å². The minimum absolute atomic E-state index is 0. The first-order valence-corrected chi connectivity index (χ1v) is 8.58. The standard InChI is InChI=1S/C17H21N5O3.2ClH/c1-20-14-13(16(24)21(2)17(20)25)7-10(8-19-14)15(23)22-11-3-4-12(22)9-18-6-5-11;;/h7-8,11-12,18H,3-6,9H2,1-2H3;2*1H. The lowest BCUT2D eigenvalue weighted by molar-refractivity contribution is 0.0680. The van der Waals surface area contributed by atoms with Crippen LogP contribution in [-0.4, -0.2) is 50.1 Å². The predicted octanol–water partition coefficient (Wildman–Crippen LogP) is 0.442. The highest BCUT2D eigenvalue weighted by molar-refractivity contribution is 5.97. The molecule has 0 radical (unpaired) electrons. The van der Waals surface area contributed by atoms with Gasteiger partial charge in [0.25, 0.3) is 11.5 Å².